The van der Waals surface area contributed by atoms with Crippen LogP contribution in [0.5, 0.6) is 0 Å². The summed E-state index contributed by atoms with van der Waals surface area (Å²) in [6.07, 6.45) is 0. The number of amidine groups is 1. The Labute approximate surface area is 113 Å². The van der Waals surface area contributed by atoms with Gasteiger partial charge < -0.3 is 16.0 Å². The predicted octanol–water partition coefficient (Wildman–Crippen LogP) is 0.793. The number of nitrogens with two attached hydrogens (primary N) is 1. The number of carbonyl (C=O) groups excluding carboxylic acids is 1. The number of primary amides is 1. The van der Waals surface area contributed by atoms with E-state index in [2.05, 4.69) is 19.2 Å². The fourth-order valence-electron chi connectivity index (χ4n) is 2.58. The lowest BCUT2D eigenvalue weighted by molar-refractivity contribution is 0.1000. The minimum Gasteiger partial charge on any atom is -0.366 e. The molecule has 1 aromatic carbocycles. The molecule has 2 unspecified atom stereocenters. The quantitative estimate of drug-likeness (QED) is 0.543. The average molecular weight is 260 g/mol. The summed E-state index contributed by atoms with van der Waals surface area (Å²) in [6, 6.07) is 7.68. The van der Waals surface area contributed by atoms with Crippen molar-refractivity contribution in [2.75, 3.05) is 13.1 Å². The van der Waals surface area contributed by atoms with Gasteiger partial charge in [-0.3, -0.25) is 10.2 Å². The number of piperazine rings is 1. The number of rotatable bonds is 2. The van der Waals surface area contributed by atoms with Gasteiger partial charge in [0.2, 0.25) is 5.91 Å². The van der Waals surface area contributed by atoms with Crippen LogP contribution in [0.1, 0.15) is 29.8 Å². The average Bonchev–Trinajstić information content (AvgIpc) is 2.36. The van der Waals surface area contributed by atoms with E-state index >= 15 is 0 Å². The SMILES string of the molecule is CC1CN(C(=N)c2ccccc2C(N)=O)CC(C)N1. The number of nitrogens with one attached hydrogen (secondary N) is 2. The van der Waals surface area contributed by atoms with E-state index in [1.807, 2.05) is 11.0 Å². The molecule has 1 saturated heterocycles. The van der Waals surface area contributed by atoms with Crippen molar-refractivity contribution in [2.45, 2.75) is 25.9 Å². The Kier molecular flexibility index (Phi) is 3.85. The molecule has 0 saturated carbocycles. The number of carbonyl (C=O) groups is 1. The molecule has 0 radical (unpaired) electrons. The Morgan fingerprint density at radius 1 is 1.26 bits per heavy atom. The van der Waals surface area contributed by atoms with Crippen LogP contribution in [0.2, 0.25) is 0 Å². The van der Waals surface area contributed by atoms with Crippen molar-refractivity contribution in [3.05, 3.63) is 35.4 Å². The molecule has 1 aliphatic rings. The third-order valence-electron chi connectivity index (χ3n) is 3.32. The Hall–Kier alpha value is -1.88. The zero-order chi connectivity index (χ0) is 14.0. The molecule has 0 aromatic heterocycles. The maximum atomic E-state index is 11.4. The zero-order valence-corrected chi connectivity index (χ0v) is 11.3. The summed E-state index contributed by atoms with van der Waals surface area (Å²) >= 11 is 0. The van der Waals surface area contributed by atoms with Gasteiger partial charge in [-0.15, -0.1) is 0 Å². The first-order valence-electron chi connectivity index (χ1n) is 6.47. The Balaban J connectivity index is 2.27. The first-order chi connectivity index (χ1) is 8.99. The molecule has 1 amide bonds. The summed E-state index contributed by atoms with van der Waals surface area (Å²) in [5, 5.41) is 11.8. The smallest absolute Gasteiger partial charge is 0.249 e. The van der Waals surface area contributed by atoms with E-state index in [1.54, 1.807) is 18.2 Å². The van der Waals surface area contributed by atoms with Crippen LogP contribution in [-0.4, -0.2) is 41.8 Å². The summed E-state index contributed by atoms with van der Waals surface area (Å²) < 4.78 is 0. The summed E-state index contributed by atoms with van der Waals surface area (Å²) in [6.45, 7) is 5.71. The zero-order valence-electron chi connectivity index (χ0n) is 11.3. The van der Waals surface area contributed by atoms with Crippen molar-refractivity contribution < 1.29 is 4.79 Å². The highest BCUT2D eigenvalue weighted by Crippen LogP contribution is 2.14. The maximum Gasteiger partial charge on any atom is 0.249 e. The van der Waals surface area contributed by atoms with E-state index in [9.17, 15) is 4.79 Å². The number of hydrogen-bond acceptors (Lipinski definition) is 3. The second-order valence-electron chi connectivity index (χ2n) is 5.13. The highest BCUT2D eigenvalue weighted by molar-refractivity contribution is 6.07. The van der Waals surface area contributed by atoms with Crippen molar-refractivity contribution in [1.82, 2.24) is 10.2 Å². The minimum atomic E-state index is -0.489. The Morgan fingerprint density at radius 3 is 2.32 bits per heavy atom. The summed E-state index contributed by atoms with van der Waals surface area (Å²) in [7, 11) is 0. The summed E-state index contributed by atoms with van der Waals surface area (Å²) in [5.41, 5.74) is 6.39. The molecule has 2 atom stereocenters. The Morgan fingerprint density at radius 2 is 1.79 bits per heavy atom. The van der Waals surface area contributed by atoms with Gasteiger partial charge in [0.05, 0.1) is 0 Å². The maximum absolute atomic E-state index is 11.4. The van der Waals surface area contributed by atoms with Crippen molar-refractivity contribution in [3.63, 3.8) is 0 Å². The largest absolute Gasteiger partial charge is 0.366 e. The fourth-order valence-corrected chi connectivity index (χ4v) is 2.58. The van der Waals surface area contributed by atoms with Crippen molar-refractivity contribution in [2.24, 2.45) is 5.73 Å². The molecule has 0 bridgehead atoms. The normalized spacial score (nSPS) is 23.2. The van der Waals surface area contributed by atoms with Crippen molar-refractivity contribution >= 4 is 11.7 Å². The second kappa shape index (κ2) is 5.40. The molecule has 1 heterocycles. The lowest BCUT2D eigenvalue weighted by Gasteiger charge is -2.37. The van der Waals surface area contributed by atoms with Crippen LogP contribution in [0, 0.1) is 5.41 Å². The predicted molar refractivity (Wildman–Crippen MR) is 75.4 cm³/mol. The van der Waals surface area contributed by atoms with E-state index in [-0.39, 0.29) is 0 Å². The molecule has 0 spiro atoms. The van der Waals surface area contributed by atoms with Crippen LogP contribution in [-0.2, 0) is 0 Å². The van der Waals surface area contributed by atoms with E-state index in [1.165, 1.54) is 0 Å². The van der Waals surface area contributed by atoms with Gasteiger partial charge in [-0.1, -0.05) is 18.2 Å². The van der Waals surface area contributed by atoms with Crippen molar-refractivity contribution in [1.29, 1.82) is 5.41 Å². The van der Waals surface area contributed by atoms with E-state index in [0.717, 1.165) is 13.1 Å². The van der Waals surface area contributed by atoms with Gasteiger partial charge in [-0.05, 0) is 19.9 Å². The van der Waals surface area contributed by atoms with Crippen LogP contribution in [0.25, 0.3) is 0 Å². The van der Waals surface area contributed by atoms with Gasteiger partial charge >= 0.3 is 0 Å². The van der Waals surface area contributed by atoms with Crippen LogP contribution in [0.4, 0.5) is 0 Å². The third kappa shape index (κ3) is 2.93. The Bertz CT molecular complexity index is 490. The van der Waals surface area contributed by atoms with E-state index in [0.29, 0.717) is 29.0 Å². The monoisotopic (exact) mass is 260 g/mol. The first kappa shape index (κ1) is 13.5. The van der Waals surface area contributed by atoms with Gasteiger partial charge in [0.15, 0.2) is 0 Å². The van der Waals surface area contributed by atoms with Gasteiger partial charge in [-0.25, -0.2) is 0 Å². The second-order valence-corrected chi connectivity index (χ2v) is 5.13. The molecule has 0 aliphatic carbocycles. The van der Waals surface area contributed by atoms with E-state index in [4.69, 9.17) is 11.1 Å². The van der Waals surface area contributed by atoms with E-state index < -0.39 is 5.91 Å². The van der Waals surface area contributed by atoms with Gasteiger partial charge in [0.1, 0.15) is 5.84 Å². The number of hydrogen-bond donors (Lipinski definition) is 3. The van der Waals surface area contributed by atoms with Crippen molar-refractivity contribution in [3.8, 4) is 0 Å². The topological polar surface area (TPSA) is 82.2 Å². The first-order valence-corrected chi connectivity index (χ1v) is 6.47. The fraction of sp³-hybridized carbons (Fsp3) is 0.429. The molecule has 4 N–H and O–H groups in total. The molecule has 19 heavy (non-hydrogen) atoms. The lowest BCUT2D eigenvalue weighted by atomic mass is 10.0. The molecule has 2 rings (SSSR count). The lowest BCUT2D eigenvalue weighted by Crippen LogP contribution is -2.56. The minimum absolute atomic E-state index is 0.324. The van der Waals surface area contributed by atoms with Crippen LogP contribution in [0.15, 0.2) is 24.3 Å². The molecule has 102 valence electrons. The standard InChI is InChI=1S/C14H20N4O/c1-9-7-18(8-10(2)17-9)13(15)11-5-3-4-6-12(11)14(16)19/h3-6,9-10,15,17H,7-8H2,1-2H3,(H2,16,19). The molecule has 1 fully saturated rings. The molecule has 1 aromatic rings. The molecular weight excluding hydrogens is 240 g/mol. The number of nitrogens with zero attached hydrogens (tertiary/aromatic N) is 1. The molecule has 5 heteroatoms. The van der Waals surface area contributed by atoms with Crippen LogP contribution >= 0.6 is 0 Å². The highest BCUT2D eigenvalue weighted by Gasteiger charge is 2.25. The summed E-state index contributed by atoms with van der Waals surface area (Å²) in [4.78, 5) is 13.4. The van der Waals surface area contributed by atoms with Gasteiger partial charge in [0, 0.05) is 36.3 Å². The third-order valence-corrected chi connectivity index (χ3v) is 3.32. The molecule has 1 aliphatic heterocycles. The van der Waals surface area contributed by atoms with Crippen LogP contribution in [0.3, 0.4) is 0 Å². The number of benzene rings is 1. The highest BCUT2D eigenvalue weighted by atomic mass is 16.1. The number of amides is 1. The van der Waals surface area contributed by atoms with Crippen LogP contribution < -0.4 is 11.1 Å². The molecule has 5 nitrogen and oxygen atoms in total. The summed E-state index contributed by atoms with van der Waals surface area (Å²) in [5.74, 6) is -0.119. The van der Waals surface area contributed by atoms with Gasteiger partial charge in [0.25, 0.3) is 0 Å². The van der Waals surface area contributed by atoms with Gasteiger partial charge in [-0.2, -0.15) is 0 Å². The molecular formula is C14H20N4O.